The molecule has 4 unspecified atom stereocenters. The number of ether oxygens (including phenoxy) is 2. The highest BCUT2D eigenvalue weighted by atomic mass is 19.2. The Morgan fingerprint density at radius 3 is 0.807 bits per heavy atom. The molecule has 2 nitrogen and oxygen atoms in total. The second-order valence-corrected chi connectivity index (χ2v) is 23.1. The number of halogens is 10. The highest BCUT2D eigenvalue weighted by Gasteiger charge is 2.25. The summed E-state index contributed by atoms with van der Waals surface area (Å²) in [5, 5.41) is 0. The Bertz CT molecular complexity index is 3960. The molecule has 2 aliphatic heterocycles. The molecule has 2 aliphatic rings. The molecule has 10 aromatic carbocycles. The van der Waals surface area contributed by atoms with Crippen molar-refractivity contribution in [2.75, 3.05) is 13.2 Å². The van der Waals surface area contributed by atoms with Gasteiger partial charge in [-0.15, -0.1) is 0 Å². The van der Waals surface area contributed by atoms with Crippen LogP contribution in [0.15, 0.2) is 182 Å². The van der Waals surface area contributed by atoms with Gasteiger partial charge in [-0.25, -0.2) is 43.9 Å². The predicted octanol–water partition coefficient (Wildman–Crippen LogP) is 22.3. The van der Waals surface area contributed by atoms with Crippen molar-refractivity contribution in [3.8, 4) is 77.9 Å². The first-order chi connectivity index (χ1) is 42.2. The Labute approximate surface area is 507 Å². The van der Waals surface area contributed by atoms with Gasteiger partial charge in [0.25, 0.3) is 0 Å². The third kappa shape index (κ3) is 13.9. The molecule has 0 spiro atoms. The van der Waals surface area contributed by atoms with Crippen LogP contribution in [0.4, 0.5) is 43.9 Å². The number of hydrogen-bond acceptors (Lipinski definition) is 2. The van der Waals surface area contributed by atoms with Crippen LogP contribution in [-0.2, 0) is 9.47 Å². The average molecular weight is 1200 g/mol. The van der Waals surface area contributed by atoms with Crippen LogP contribution in [0.25, 0.3) is 77.9 Å². The molecule has 0 bridgehead atoms. The van der Waals surface area contributed by atoms with Crippen molar-refractivity contribution in [3.63, 3.8) is 0 Å². The first kappa shape index (κ1) is 62.5. The number of rotatable bonds is 9. The van der Waals surface area contributed by atoms with E-state index in [2.05, 4.69) is 13.8 Å². The van der Waals surface area contributed by atoms with E-state index >= 15 is 0 Å². The topological polar surface area (TPSA) is 18.5 Å². The van der Waals surface area contributed by atoms with Gasteiger partial charge in [0, 0.05) is 52.2 Å². The third-order valence-electron chi connectivity index (χ3n) is 16.5. The molecule has 4 atom stereocenters. The maximum atomic E-state index is 14.8. The quantitative estimate of drug-likeness (QED) is 0.134. The minimum Gasteiger partial charge on any atom is -0.373 e. The van der Waals surface area contributed by atoms with Crippen molar-refractivity contribution < 1.29 is 53.4 Å². The van der Waals surface area contributed by atoms with Crippen molar-refractivity contribution >= 4 is 0 Å². The zero-order chi connectivity index (χ0) is 62.5. The predicted molar refractivity (Wildman–Crippen MR) is 330 cm³/mol. The number of aryl methyl sites for hydroxylation is 4. The smallest absolute Gasteiger partial charge is 0.167 e. The molecule has 2 saturated heterocycles. The van der Waals surface area contributed by atoms with Crippen LogP contribution in [0.2, 0.25) is 0 Å². The summed E-state index contributed by atoms with van der Waals surface area (Å²) >= 11 is 0. The van der Waals surface area contributed by atoms with Crippen molar-refractivity contribution in [1.29, 1.82) is 0 Å². The summed E-state index contributed by atoms with van der Waals surface area (Å²) in [5.41, 5.74) is 8.21. The zero-order valence-electron chi connectivity index (χ0n) is 49.5. The molecule has 0 amide bonds. The van der Waals surface area contributed by atoms with Crippen LogP contribution in [0.1, 0.15) is 85.1 Å². The normalized spacial score (nSPS) is 16.5. The lowest BCUT2D eigenvalue weighted by Gasteiger charge is -2.27. The fraction of sp³-hybridized carbons (Fsp3) is 0.211. The Kier molecular flexibility index (Phi) is 19.3. The van der Waals surface area contributed by atoms with E-state index in [0.717, 1.165) is 55.6 Å². The molecule has 2 heterocycles. The second-order valence-electron chi connectivity index (χ2n) is 23.1. The van der Waals surface area contributed by atoms with E-state index in [9.17, 15) is 43.9 Å². The molecule has 0 N–H and O–H groups in total. The van der Waals surface area contributed by atoms with Gasteiger partial charge in [-0.1, -0.05) is 177 Å². The maximum Gasteiger partial charge on any atom is 0.167 e. The van der Waals surface area contributed by atoms with Crippen LogP contribution in [0, 0.1) is 97.7 Å². The Morgan fingerprint density at radius 2 is 0.523 bits per heavy atom. The summed E-state index contributed by atoms with van der Waals surface area (Å²) in [5.74, 6) is -6.77. The molecule has 88 heavy (non-hydrogen) atoms. The number of benzene rings is 10. The van der Waals surface area contributed by atoms with Gasteiger partial charge in [0.1, 0.15) is 23.3 Å². The fourth-order valence-electron chi connectivity index (χ4n) is 11.0. The van der Waals surface area contributed by atoms with Gasteiger partial charge in [-0.05, 0) is 156 Å². The monoisotopic (exact) mass is 1200 g/mol. The first-order valence-corrected chi connectivity index (χ1v) is 29.3. The molecule has 0 aromatic heterocycles. The standard InChI is InChI=1S/C26H18F4.2C25H23F3O/c1-15-3-6-17(7-4-15)20-10-9-19(14-24(20)28)22-12-11-21(25(29)26(22)30)18-8-5-16(2)23(27)13-18;2*1-15-3-12-23(29-14-15)18-8-6-17(7-9-18)20-10-11-21(25(28)24(20)27)19-5-4-16(2)22(26)13-19/h3-14H,1-2H3;2*4-11,13,15,23H,3,12,14H2,1-2H3. The molecule has 450 valence electrons. The SMILES string of the molecule is Cc1ccc(-c2ccc(-c3ccc(-c4ccc(C)c(F)c4)c(F)c3F)cc2F)cc1.Cc1ccc(-c2ccc(-c3ccc(C4CCC(C)CO4)cc3)c(F)c2F)cc1F.Cc1ccc(-c2ccc(-c3ccc(C4CCC(C)CO4)cc3)c(F)c2F)cc1F. The van der Waals surface area contributed by atoms with E-state index in [1.807, 2.05) is 55.5 Å². The third-order valence-corrected chi connectivity index (χ3v) is 16.5. The van der Waals surface area contributed by atoms with Crippen molar-refractivity contribution in [1.82, 2.24) is 0 Å². The minimum absolute atomic E-state index is 0.0477. The van der Waals surface area contributed by atoms with Crippen LogP contribution >= 0.6 is 0 Å². The summed E-state index contributed by atoms with van der Waals surface area (Å²) < 4.78 is 157. The highest BCUT2D eigenvalue weighted by Crippen LogP contribution is 2.39. The van der Waals surface area contributed by atoms with Crippen LogP contribution in [0.3, 0.4) is 0 Å². The van der Waals surface area contributed by atoms with Gasteiger partial charge in [0.05, 0.1) is 12.2 Å². The molecule has 2 fully saturated rings. The summed E-state index contributed by atoms with van der Waals surface area (Å²) in [7, 11) is 0. The van der Waals surface area contributed by atoms with E-state index in [1.165, 1.54) is 60.7 Å². The van der Waals surface area contributed by atoms with Crippen LogP contribution < -0.4 is 0 Å². The van der Waals surface area contributed by atoms with Crippen molar-refractivity contribution in [3.05, 3.63) is 274 Å². The highest BCUT2D eigenvalue weighted by molar-refractivity contribution is 5.76. The average Bonchev–Trinajstić information content (AvgIpc) is 2.80. The molecule has 0 radical (unpaired) electrons. The molecule has 12 rings (SSSR count). The summed E-state index contributed by atoms with van der Waals surface area (Å²) in [6.45, 7) is 12.6. The maximum absolute atomic E-state index is 14.8. The Morgan fingerprint density at radius 1 is 0.273 bits per heavy atom. The lowest BCUT2D eigenvalue weighted by atomic mass is 9.94. The lowest BCUT2D eigenvalue weighted by Crippen LogP contribution is -2.18. The fourth-order valence-corrected chi connectivity index (χ4v) is 11.0. The Balaban J connectivity index is 0.000000146. The van der Waals surface area contributed by atoms with E-state index in [1.54, 1.807) is 93.6 Å². The van der Waals surface area contributed by atoms with E-state index in [0.29, 0.717) is 61.9 Å². The van der Waals surface area contributed by atoms with Crippen LogP contribution in [-0.4, -0.2) is 13.2 Å². The molecule has 0 aliphatic carbocycles. The van der Waals surface area contributed by atoms with E-state index in [-0.39, 0.29) is 56.7 Å². The van der Waals surface area contributed by atoms with Gasteiger partial charge in [-0.2, -0.15) is 0 Å². The van der Waals surface area contributed by atoms with Gasteiger partial charge in [0.15, 0.2) is 34.9 Å². The van der Waals surface area contributed by atoms with E-state index < -0.39 is 58.2 Å². The Hall–Kier alpha value is -8.58. The van der Waals surface area contributed by atoms with E-state index in [4.69, 9.17) is 9.47 Å². The first-order valence-electron chi connectivity index (χ1n) is 29.3. The van der Waals surface area contributed by atoms with Crippen molar-refractivity contribution in [2.24, 2.45) is 11.8 Å². The lowest BCUT2D eigenvalue weighted by molar-refractivity contribution is -0.0124. The molecular formula is C76H64F10O2. The minimum atomic E-state index is -1.10. The van der Waals surface area contributed by atoms with Gasteiger partial charge in [-0.3, -0.25) is 0 Å². The van der Waals surface area contributed by atoms with Gasteiger partial charge in [0.2, 0.25) is 0 Å². The van der Waals surface area contributed by atoms with Gasteiger partial charge < -0.3 is 9.47 Å². The number of hydrogen-bond donors (Lipinski definition) is 0. The largest absolute Gasteiger partial charge is 0.373 e. The van der Waals surface area contributed by atoms with Gasteiger partial charge >= 0.3 is 0 Å². The second kappa shape index (κ2) is 27.2. The molecule has 10 aromatic rings. The summed E-state index contributed by atoms with van der Waals surface area (Å²) in [6, 6.07) is 48.3. The zero-order valence-corrected chi connectivity index (χ0v) is 49.5. The van der Waals surface area contributed by atoms with Crippen LogP contribution in [0.5, 0.6) is 0 Å². The molecule has 0 saturated carbocycles. The summed E-state index contributed by atoms with van der Waals surface area (Å²) in [6.07, 6.45) is 4.28. The molecule has 12 heteroatoms. The molecular weight excluding hydrogens is 1130 g/mol. The van der Waals surface area contributed by atoms with Crippen molar-refractivity contribution in [2.45, 2.75) is 79.4 Å². The summed E-state index contributed by atoms with van der Waals surface area (Å²) in [4.78, 5) is 0.